The van der Waals surface area contributed by atoms with Gasteiger partial charge in [-0.1, -0.05) is 6.92 Å². The Morgan fingerprint density at radius 3 is 2.48 bits per heavy atom. The number of fused-ring (bicyclic) bond motifs is 1. The van der Waals surface area contributed by atoms with E-state index in [1.165, 1.54) is 24.9 Å². The number of rotatable bonds is 9. The predicted octanol–water partition coefficient (Wildman–Crippen LogP) is 3.36. The summed E-state index contributed by atoms with van der Waals surface area (Å²) < 4.78 is 11.3. The van der Waals surface area contributed by atoms with Crippen molar-refractivity contribution in [3.8, 4) is 0 Å². The number of amides is 1. The van der Waals surface area contributed by atoms with E-state index >= 15 is 0 Å². The van der Waals surface area contributed by atoms with Crippen LogP contribution in [0.15, 0.2) is 35.4 Å². The summed E-state index contributed by atoms with van der Waals surface area (Å²) in [6, 6.07) is 5.71. The molecule has 1 atom stereocenters. The fourth-order valence-corrected chi connectivity index (χ4v) is 4.39. The molecule has 0 aliphatic heterocycles. The molecule has 0 spiro atoms. The predicted molar refractivity (Wildman–Crippen MR) is 125 cm³/mol. The number of Topliss-reactive ketones (excluding diaryl/α,β-unsaturated/α-hetero) is 1. The maximum Gasteiger partial charge on any atom is 0.348 e. The van der Waals surface area contributed by atoms with E-state index in [1.807, 2.05) is 0 Å². The van der Waals surface area contributed by atoms with Gasteiger partial charge in [-0.15, -0.1) is 11.3 Å². The highest BCUT2D eigenvalue weighted by Gasteiger charge is 2.25. The van der Waals surface area contributed by atoms with Crippen molar-refractivity contribution in [2.24, 2.45) is 0 Å². The average Bonchev–Trinajstić information content (AvgIpc) is 3.13. The fraction of sp³-hybridized carbons (Fsp3) is 0.348. The Morgan fingerprint density at radius 1 is 1.18 bits per heavy atom. The van der Waals surface area contributed by atoms with Crippen LogP contribution in [-0.2, 0) is 14.3 Å². The summed E-state index contributed by atoms with van der Waals surface area (Å²) in [7, 11) is 1.51. The monoisotopic (exact) mass is 471 g/mol. The Labute approximate surface area is 194 Å². The number of anilines is 1. The largest absolute Gasteiger partial charge is 0.459 e. The van der Waals surface area contributed by atoms with Crippen molar-refractivity contribution in [1.29, 1.82) is 0 Å². The average molecular weight is 472 g/mol. The van der Waals surface area contributed by atoms with Gasteiger partial charge in [-0.3, -0.25) is 19.0 Å². The van der Waals surface area contributed by atoms with E-state index in [9.17, 15) is 19.2 Å². The molecule has 1 amide bonds. The molecule has 2 aromatic heterocycles. The molecule has 33 heavy (non-hydrogen) atoms. The van der Waals surface area contributed by atoms with E-state index in [-0.39, 0.29) is 24.9 Å². The number of nitrogens with one attached hydrogen (secondary N) is 1. The summed E-state index contributed by atoms with van der Waals surface area (Å²) in [5, 5.41) is 3.07. The number of aromatic nitrogens is 2. The Morgan fingerprint density at radius 2 is 1.88 bits per heavy atom. The van der Waals surface area contributed by atoms with Gasteiger partial charge in [0, 0.05) is 18.4 Å². The zero-order chi connectivity index (χ0) is 24.1. The minimum atomic E-state index is -0.807. The van der Waals surface area contributed by atoms with Crippen molar-refractivity contribution >= 4 is 44.9 Å². The molecular formula is C23H25N3O6S. The molecule has 0 bridgehead atoms. The first-order chi connectivity index (χ1) is 15.8. The molecule has 1 aromatic carbocycles. The summed E-state index contributed by atoms with van der Waals surface area (Å²) in [5.74, 6) is -1.00. The minimum Gasteiger partial charge on any atom is -0.459 e. The lowest BCUT2D eigenvalue weighted by molar-refractivity contribution is -0.119. The third-order valence-corrected chi connectivity index (χ3v) is 6.35. The maximum atomic E-state index is 13.3. The van der Waals surface area contributed by atoms with Gasteiger partial charge in [0.15, 0.2) is 5.78 Å². The first-order valence-electron chi connectivity index (χ1n) is 10.4. The Kier molecular flexibility index (Phi) is 7.72. The van der Waals surface area contributed by atoms with Gasteiger partial charge in [0.1, 0.15) is 22.4 Å². The van der Waals surface area contributed by atoms with Crippen LogP contribution in [0.5, 0.6) is 0 Å². The number of nitrogens with zero attached hydrogens (tertiary/aromatic N) is 2. The standard InChI is InChI=1S/C23H25N3O6S/c1-5-17(20(28)25-16-8-6-15(7-9-16)14(3)27)26-12-24-21-18(22(26)29)13(2)19(33-21)23(30)32-11-10-31-4/h6-9,12,17H,5,10-11H2,1-4H3,(H,25,28). The second kappa shape index (κ2) is 10.5. The normalized spacial score (nSPS) is 11.9. The van der Waals surface area contributed by atoms with Gasteiger partial charge in [-0.2, -0.15) is 0 Å². The summed E-state index contributed by atoms with van der Waals surface area (Å²) in [4.78, 5) is 55.1. The van der Waals surface area contributed by atoms with Crippen LogP contribution in [0.2, 0.25) is 0 Å². The molecule has 3 rings (SSSR count). The highest BCUT2D eigenvalue weighted by atomic mass is 32.1. The molecule has 2 heterocycles. The molecule has 9 nitrogen and oxygen atoms in total. The van der Waals surface area contributed by atoms with E-state index < -0.39 is 17.6 Å². The maximum absolute atomic E-state index is 13.3. The van der Waals surface area contributed by atoms with Crippen LogP contribution in [0.25, 0.3) is 10.2 Å². The third kappa shape index (κ3) is 5.18. The van der Waals surface area contributed by atoms with Gasteiger partial charge in [-0.05, 0) is 50.1 Å². The molecule has 1 N–H and O–H groups in total. The molecule has 0 saturated carbocycles. The van der Waals surface area contributed by atoms with E-state index in [0.717, 1.165) is 11.3 Å². The highest BCUT2D eigenvalue weighted by molar-refractivity contribution is 7.20. The fourth-order valence-electron chi connectivity index (χ4n) is 3.36. The van der Waals surface area contributed by atoms with Gasteiger partial charge in [-0.25, -0.2) is 9.78 Å². The summed E-state index contributed by atoms with van der Waals surface area (Å²) in [6.07, 6.45) is 1.67. The van der Waals surface area contributed by atoms with Crippen LogP contribution < -0.4 is 10.9 Å². The number of thiophene rings is 1. The summed E-state index contributed by atoms with van der Waals surface area (Å²) in [6.45, 7) is 5.29. The quantitative estimate of drug-likeness (QED) is 0.289. The topological polar surface area (TPSA) is 117 Å². The van der Waals surface area contributed by atoms with Crippen LogP contribution >= 0.6 is 11.3 Å². The van der Waals surface area contributed by atoms with Gasteiger partial charge >= 0.3 is 5.97 Å². The number of carbonyl (C=O) groups excluding carboxylic acids is 3. The van der Waals surface area contributed by atoms with Crippen LogP contribution in [-0.4, -0.2) is 47.5 Å². The zero-order valence-electron chi connectivity index (χ0n) is 18.8. The first kappa shape index (κ1) is 24.3. The number of hydrogen-bond acceptors (Lipinski definition) is 8. The Bertz CT molecular complexity index is 1250. The number of benzene rings is 1. The number of esters is 1. The van der Waals surface area contributed by atoms with Crippen molar-refractivity contribution in [3.63, 3.8) is 0 Å². The molecular weight excluding hydrogens is 446 g/mol. The minimum absolute atomic E-state index is 0.0710. The summed E-state index contributed by atoms with van der Waals surface area (Å²) in [5.41, 5.74) is 1.12. The van der Waals surface area contributed by atoms with Gasteiger partial charge in [0.05, 0.1) is 18.3 Å². The van der Waals surface area contributed by atoms with E-state index in [4.69, 9.17) is 9.47 Å². The SMILES string of the molecule is CCC(C(=O)Nc1ccc(C(C)=O)cc1)n1cnc2sc(C(=O)OCCOC)c(C)c2c1=O. The number of aryl methyl sites for hydroxylation is 1. The third-order valence-electron chi connectivity index (χ3n) is 5.17. The van der Waals surface area contributed by atoms with Crippen molar-refractivity contribution in [1.82, 2.24) is 9.55 Å². The van der Waals surface area contributed by atoms with Gasteiger partial charge < -0.3 is 14.8 Å². The number of hydrogen-bond donors (Lipinski definition) is 1. The molecule has 0 radical (unpaired) electrons. The van der Waals surface area contributed by atoms with Crippen molar-refractivity contribution in [2.45, 2.75) is 33.2 Å². The van der Waals surface area contributed by atoms with E-state index in [1.54, 1.807) is 38.1 Å². The van der Waals surface area contributed by atoms with E-state index in [2.05, 4.69) is 10.3 Å². The highest BCUT2D eigenvalue weighted by Crippen LogP contribution is 2.28. The second-order valence-corrected chi connectivity index (χ2v) is 8.37. The number of ether oxygens (including phenoxy) is 2. The molecule has 174 valence electrons. The van der Waals surface area contributed by atoms with E-state index in [0.29, 0.717) is 38.3 Å². The smallest absolute Gasteiger partial charge is 0.348 e. The number of carbonyl (C=O) groups is 3. The van der Waals surface area contributed by atoms with Crippen molar-refractivity contribution in [2.75, 3.05) is 25.6 Å². The molecule has 0 aliphatic carbocycles. The molecule has 3 aromatic rings. The molecule has 0 fully saturated rings. The van der Waals surface area contributed by atoms with Crippen LogP contribution in [0, 0.1) is 6.92 Å². The van der Waals surface area contributed by atoms with Crippen molar-refractivity contribution in [3.05, 3.63) is 57.0 Å². The number of ketones is 1. The van der Waals surface area contributed by atoms with Crippen LogP contribution in [0.4, 0.5) is 5.69 Å². The van der Waals surface area contributed by atoms with Crippen LogP contribution in [0.3, 0.4) is 0 Å². The van der Waals surface area contributed by atoms with Crippen molar-refractivity contribution < 1.29 is 23.9 Å². The lowest BCUT2D eigenvalue weighted by atomic mass is 10.1. The van der Waals surface area contributed by atoms with Gasteiger partial charge in [0.25, 0.3) is 5.56 Å². The van der Waals surface area contributed by atoms with Crippen LogP contribution in [0.1, 0.15) is 51.9 Å². The molecule has 10 heteroatoms. The molecule has 0 aliphatic rings. The first-order valence-corrected chi connectivity index (χ1v) is 11.2. The molecule has 1 unspecified atom stereocenters. The van der Waals surface area contributed by atoms with Gasteiger partial charge in [0.2, 0.25) is 5.91 Å². The number of methoxy groups -OCH3 is 1. The Hall–Kier alpha value is -3.37. The second-order valence-electron chi connectivity index (χ2n) is 7.37. The molecule has 0 saturated heterocycles. The summed E-state index contributed by atoms with van der Waals surface area (Å²) >= 11 is 1.08. The lowest BCUT2D eigenvalue weighted by Gasteiger charge is -2.17. The lowest BCUT2D eigenvalue weighted by Crippen LogP contribution is -2.33. The Balaban J connectivity index is 1.89. The zero-order valence-corrected chi connectivity index (χ0v) is 19.7.